The summed E-state index contributed by atoms with van der Waals surface area (Å²) in [6.07, 6.45) is 0. The van der Waals surface area contributed by atoms with Gasteiger partial charge < -0.3 is 8.83 Å². The van der Waals surface area contributed by atoms with Gasteiger partial charge in [-0.05, 0) is 60.7 Å². The maximum absolute atomic E-state index is 6.11. The highest BCUT2D eigenvalue weighted by Crippen LogP contribution is 2.33. The Hall–Kier alpha value is -2.73. The Bertz CT molecular complexity index is 1640. The third-order valence-electron chi connectivity index (χ3n) is 4.97. The molecule has 2 heterocycles. The van der Waals surface area contributed by atoms with Gasteiger partial charge in [-0.25, -0.2) is 9.97 Å². The van der Waals surface area contributed by atoms with Gasteiger partial charge in [0, 0.05) is 21.1 Å². The van der Waals surface area contributed by atoms with E-state index in [1.54, 1.807) is 54.6 Å². The van der Waals surface area contributed by atoms with Crippen LogP contribution < -0.4 is 0 Å². The summed E-state index contributed by atoms with van der Waals surface area (Å²) in [6, 6.07) is 23.3. The molecule has 0 radical (unpaired) electrons. The van der Waals surface area contributed by atoms with Crippen molar-refractivity contribution in [1.29, 1.82) is 0 Å². The number of halogens is 5. The minimum Gasteiger partial charge on any atom is -0.436 e. The molecule has 4 aromatic carbocycles. The minimum absolute atomic E-state index is 0.453. The van der Waals surface area contributed by atoms with Crippen LogP contribution in [-0.2, 0) is 0 Å². The Balaban J connectivity index is 0.000000145. The topological polar surface area (TPSA) is 52.1 Å². The lowest BCUT2D eigenvalue weighted by Crippen LogP contribution is -1.79. The third kappa shape index (κ3) is 5.27. The third-order valence-corrected chi connectivity index (χ3v) is 6.30. The first-order valence-corrected chi connectivity index (χ1v) is 12.1. The first-order chi connectivity index (χ1) is 16.9. The standard InChI is InChI=1S/C13H6Cl3NO.C13H7Cl2NO/c14-7-1-3-9(10(16)5-7)13-17-11-4-2-8(15)6-12(11)18-13;14-8-5-6-9(10(15)7-8)13-16-11-3-1-2-4-12(11)17-13/h1-6H;1-7H. The van der Waals surface area contributed by atoms with Crippen LogP contribution in [0.3, 0.4) is 0 Å². The van der Waals surface area contributed by atoms with Crippen molar-refractivity contribution < 1.29 is 8.83 Å². The molecule has 9 heteroatoms. The molecule has 0 aliphatic rings. The highest BCUT2D eigenvalue weighted by atomic mass is 35.5. The zero-order valence-corrected chi connectivity index (χ0v) is 21.4. The molecule has 0 saturated heterocycles. The summed E-state index contributed by atoms with van der Waals surface area (Å²) in [5.74, 6) is 0.960. The minimum atomic E-state index is 0.453. The summed E-state index contributed by atoms with van der Waals surface area (Å²) >= 11 is 29.8. The molecule has 0 spiro atoms. The molecule has 174 valence electrons. The van der Waals surface area contributed by atoms with E-state index in [9.17, 15) is 0 Å². The highest BCUT2D eigenvalue weighted by Gasteiger charge is 2.13. The predicted octanol–water partition coefficient (Wildman–Crippen LogP) is 10.3. The predicted molar refractivity (Wildman–Crippen MR) is 144 cm³/mol. The van der Waals surface area contributed by atoms with Crippen molar-refractivity contribution in [3.8, 4) is 22.9 Å². The van der Waals surface area contributed by atoms with E-state index in [1.807, 2.05) is 24.3 Å². The van der Waals surface area contributed by atoms with E-state index in [2.05, 4.69) is 9.97 Å². The molecule has 0 bridgehead atoms. The van der Waals surface area contributed by atoms with Crippen LogP contribution in [0, 0.1) is 0 Å². The largest absolute Gasteiger partial charge is 0.436 e. The maximum atomic E-state index is 6.11. The maximum Gasteiger partial charge on any atom is 0.228 e. The summed E-state index contributed by atoms with van der Waals surface area (Å²) in [6.45, 7) is 0. The van der Waals surface area contributed by atoms with Crippen molar-refractivity contribution in [2.45, 2.75) is 0 Å². The van der Waals surface area contributed by atoms with Crippen LogP contribution in [0.2, 0.25) is 25.1 Å². The van der Waals surface area contributed by atoms with E-state index in [4.69, 9.17) is 66.8 Å². The Labute approximate surface area is 225 Å². The summed E-state index contributed by atoms with van der Waals surface area (Å²) in [5, 5.41) is 2.80. The molecule has 0 amide bonds. The van der Waals surface area contributed by atoms with E-state index in [1.165, 1.54) is 0 Å². The van der Waals surface area contributed by atoms with Gasteiger partial charge >= 0.3 is 0 Å². The molecule has 0 N–H and O–H groups in total. The molecule has 6 aromatic rings. The molecule has 4 nitrogen and oxygen atoms in total. The summed E-state index contributed by atoms with van der Waals surface area (Å²) in [5.41, 5.74) is 4.37. The smallest absolute Gasteiger partial charge is 0.228 e. The van der Waals surface area contributed by atoms with Crippen molar-refractivity contribution in [2.75, 3.05) is 0 Å². The number of benzene rings is 4. The van der Waals surface area contributed by atoms with Crippen LogP contribution >= 0.6 is 58.0 Å². The van der Waals surface area contributed by atoms with Crippen molar-refractivity contribution in [2.24, 2.45) is 0 Å². The Morgan fingerprint density at radius 1 is 0.486 bits per heavy atom. The quantitative estimate of drug-likeness (QED) is 0.211. The van der Waals surface area contributed by atoms with Crippen molar-refractivity contribution >= 4 is 80.2 Å². The lowest BCUT2D eigenvalue weighted by atomic mass is 10.2. The Morgan fingerprint density at radius 3 is 1.54 bits per heavy atom. The Kier molecular flexibility index (Phi) is 6.92. The number of aromatic nitrogens is 2. The summed E-state index contributed by atoms with van der Waals surface area (Å²) in [7, 11) is 0. The first-order valence-electron chi connectivity index (χ1n) is 10.2. The zero-order chi connectivity index (χ0) is 24.5. The monoisotopic (exact) mass is 560 g/mol. The summed E-state index contributed by atoms with van der Waals surface area (Å²) in [4.78, 5) is 8.74. The van der Waals surface area contributed by atoms with Crippen molar-refractivity contribution in [3.63, 3.8) is 0 Å². The van der Waals surface area contributed by atoms with E-state index in [0.29, 0.717) is 48.0 Å². The first kappa shape index (κ1) is 24.0. The number of rotatable bonds is 2. The second-order valence-electron chi connectivity index (χ2n) is 7.37. The molecular formula is C26H13Cl5N2O2. The molecule has 0 aliphatic carbocycles. The molecule has 35 heavy (non-hydrogen) atoms. The lowest BCUT2D eigenvalue weighted by Gasteiger charge is -1.99. The fourth-order valence-electron chi connectivity index (χ4n) is 3.33. The number of para-hydroxylation sites is 2. The average molecular weight is 563 g/mol. The van der Waals surface area contributed by atoms with Crippen LogP contribution in [0.5, 0.6) is 0 Å². The zero-order valence-electron chi connectivity index (χ0n) is 17.6. The molecular weight excluding hydrogens is 550 g/mol. The van der Waals surface area contributed by atoms with Crippen molar-refractivity contribution in [1.82, 2.24) is 9.97 Å². The number of hydrogen-bond donors (Lipinski definition) is 0. The number of fused-ring (bicyclic) bond motifs is 2. The van der Waals surface area contributed by atoms with Gasteiger partial charge in [0.15, 0.2) is 11.2 Å². The van der Waals surface area contributed by atoms with Gasteiger partial charge in [-0.3, -0.25) is 0 Å². The van der Waals surface area contributed by atoms with Crippen LogP contribution in [0.1, 0.15) is 0 Å². The SMILES string of the molecule is Clc1ccc(-c2nc3ccc(Cl)cc3o2)c(Cl)c1.Clc1ccc(-c2nc3ccccc3o2)c(Cl)c1. The lowest BCUT2D eigenvalue weighted by molar-refractivity contribution is 0.619. The number of nitrogens with zero attached hydrogens (tertiary/aromatic N) is 2. The molecule has 2 aromatic heterocycles. The van der Waals surface area contributed by atoms with Gasteiger partial charge in [-0.15, -0.1) is 0 Å². The van der Waals surface area contributed by atoms with Gasteiger partial charge in [0.05, 0.1) is 21.2 Å². The van der Waals surface area contributed by atoms with E-state index in [-0.39, 0.29) is 0 Å². The normalized spacial score (nSPS) is 11.0. The summed E-state index contributed by atoms with van der Waals surface area (Å²) < 4.78 is 11.3. The van der Waals surface area contributed by atoms with Gasteiger partial charge in [0.1, 0.15) is 11.0 Å². The highest BCUT2D eigenvalue weighted by molar-refractivity contribution is 6.37. The molecule has 0 aliphatic heterocycles. The van der Waals surface area contributed by atoms with Gasteiger partial charge in [0.2, 0.25) is 11.8 Å². The second-order valence-corrected chi connectivity index (χ2v) is 9.49. The number of hydrogen-bond acceptors (Lipinski definition) is 4. The van der Waals surface area contributed by atoms with Gasteiger partial charge in [-0.1, -0.05) is 70.1 Å². The van der Waals surface area contributed by atoms with Gasteiger partial charge in [-0.2, -0.15) is 0 Å². The second kappa shape index (κ2) is 10.1. The van der Waals surface area contributed by atoms with Crippen LogP contribution in [-0.4, -0.2) is 9.97 Å². The van der Waals surface area contributed by atoms with Crippen LogP contribution in [0.15, 0.2) is 87.7 Å². The fraction of sp³-hybridized carbons (Fsp3) is 0. The molecule has 0 fully saturated rings. The van der Waals surface area contributed by atoms with Crippen LogP contribution in [0.4, 0.5) is 0 Å². The van der Waals surface area contributed by atoms with E-state index >= 15 is 0 Å². The molecule has 0 unspecified atom stereocenters. The molecule has 0 saturated carbocycles. The molecule has 6 rings (SSSR count). The van der Waals surface area contributed by atoms with Crippen LogP contribution in [0.25, 0.3) is 45.1 Å². The average Bonchev–Trinajstić information content (AvgIpc) is 3.43. The van der Waals surface area contributed by atoms with Gasteiger partial charge in [0.25, 0.3) is 0 Å². The molecule has 0 atom stereocenters. The fourth-order valence-corrected chi connectivity index (χ4v) is 4.47. The van der Waals surface area contributed by atoms with E-state index < -0.39 is 0 Å². The van der Waals surface area contributed by atoms with Crippen molar-refractivity contribution in [3.05, 3.63) is 104 Å². The number of oxazole rings is 2. The van der Waals surface area contributed by atoms with E-state index in [0.717, 1.165) is 22.2 Å². The Morgan fingerprint density at radius 2 is 0.971 bits per heavy atom.